The zero-order chi connectivity index (χ0) is 13.3. The van der Waals surface area contributed by atoms with E-state index in [2.05, 4.69) is 30.8 Å². The van der Waals surface area contributed by atoms with E-state index in [9.17, 15) is 4.79 Å². The lowest BCUT2D eigenvalue weighted by Gasteiger charge is -2.39. The van der Waals surface area contributed by atoms with Gasteiger partial charge in [0, 0.05) is 17.9 Å². The lowest BCUT2D eigenvalue weighted by atomic mass is 9.71. The summed E-state index contributed by atoms with van der Waals surface area (Å²) in [6.07, 6.45) is 6.27. The van der Waals surface area contributed by atoms with Crippen LogP contribution in [0.25, 0.3) is 0 Å². The number of hydrogen-bond acceptors (Lipinski definition) is 2. The van der Waals surface area contributed by atoms with Crippen molar-refractivity contribution in [2.24, 2.45) is 5.92 Å². The second-order valence-corrected chi connectivity index (χ2v) is 5.87. The van der Waals surface area contributed by atoms with Gasteiger partial charge < -0.3 is 4.74 Å². The van der Waals surface area contributed by atoms with Crippen molar-refractivity contribution in [1.82, 2.24) is 0 Å². The van der Waals surface area contributed by atoms with Gasteiger partial charge in [0.1, 0.15) is 5.60 Å². The Morgan fingerprint density at radius 1 is 1.26 bits per heavy atom. The second-order valence-electron chi connectivity index (χ2n) is 5.87. The molecule has 2 fully saturated rings. The summed E-state index contributed by atoms with van der Waals surface area (Å²) in [5.41, 5.74) is 1.73. The van der Waals surface area contributed by atoms with Gasteiger partial charge in [0.2, 0.25) is 0 Å². The van der Waals surface area contributed by atoms with Crippen molar-refractivity contribution in [3.05, 3.63) is 48.0 Å². The van der Waals surface area contributed by atoms with E-state index >= 15 is 0 Å². The van der Waals surface area contributed by atoms with Crippen LogP contribution in [0.3, 0.4) is 0 Å². The molecule has 1 aromatic carbocycles. The van der Waals surface area contributed by atoms with Crippen LogP contribution in [0.5, 0.6) is 0 Å². The highest BCUT2D eigenvalue weighted by Crippen LogP contribution is 2.46. The minimum absolute atomic E-state index is 0.181. The highest BCUT2D eigenvalue weighted by Gasteiger charge is 2.49. The van der Waals surface area contributed by atoms with Crippen molar-refractivity contribution >= 4 is 5.97 Å². The Balaban J connectivity index is 1.82. The number of hydrogen-bond donors (Lipinski definition) is 0. The molecule has 2 heteroatoms. The SMILES string of the molecule is C=C1CC2(CCCCC2Cc2ccccc2)OC1=O. The fourth-order valence-corrected chi connectivity index (χ4v) is 3.56. The average Bonchev–Trinajstić information content (AvgIpc) is 2.70. The standard InChI is InChI=1S/C17H20O2/c1-13-12-17(19-16(13)18)10-6-5-9-15(17)11-14-7-3-2-4-8-14/h2-4,7-8,15H,1,5-6,9-12H2. The molecule has 1 aliphatic carbocycles. The topological polar surface area (TPSA) is 26.3 Å². The van der Waals surface area contributed by atoms with Crippen LogP contribution in [0.1, 0.15) is 37.7 Å². The Labute approximate surface area is 114 Å². The molecule has 0 N–H and O–H groups in total. The molecule has 1 aliphatic heterocycles. The molecule has 19 heavy (non-hydrogen) atoms. The number of carbonyl (C=O) groups is 1. The summed E-state index contributed by atoms with van der Waals surface area (Å²) in [7, 11) is 0. The molecular formula is C17H20O2. The summed E-state index contributed by atoms with van der Waals surface area (Å²) in [5.74, 6) is 0.256. The van der Waals surface area contributed by atoms with Crippen LogP contribution in [-0.4, -0.2) is 11.6 Å². The Morgan fingerprint density at radius 3 is 2.74 bits per heavy atom. The number of carbonyl (C=O) groups excluding carboxylic acids is 1. The van der Waals surface area contributed by atoms with Crippen molar-refractivity contribution in [3.63, 3.8) is 0 Å². The molecule has 1 spiro atoms. The minimum atomic E-state index is -0.262. The van der Waals surface area contributed by atoms with Crippen LogP contribution in [0.15, 0.2) is 42.5 Å². The Kier molecular flexibility index (Phi) is 3.17. The molecule has 2 aliphatic rings. The molecule has 3 rings (SSSR count). The summed E-state index contributed by atoms with van der Waals surface area (Å²) in [5, 5.41) is 0. The molecule has 0 amide bonds. The van der Waals surface area contributed by atoms with E-state index in [1.165, 1.54) is 12.0 Å². The summed E-state index contributed by atoms with van der Waals surface area (Å²) >= 11 is 0. The first-order valence-corrected chi connectivity index (χ1v) is 7.15. The van der Waals surface area contributed by atoms with Gasteiger partial charge >= 0.3 is 5.97 Å². The maximum Gasteiger partial charge on any atom is 0.334 e. The van der Waals surface area contributed by atoms with Crippen molar-refractivity contribution in [1.29, 1.82) is 0 Å². The number of esters is 1. The normalized spacial score (nSPS) is 30.6. The van der Waals surface area contributed by atoms with E-state index in [0.717, 1.165) is 32.1 Å². The summed E-state index contributed by atoms with van der Waals surface area (Å²) in [6.45, 7) is 3.85. The van der Waals surface area contributed by atoms with E-state index in [1.807, 2.05) is 6.07 Å². The third-order valence-corrected chi connectivity index (χ3v) is 4.57. The minimum Gasteiger partial charge on any atom is -0.455 e. The van der Waals surface area contributed by atoms with Crippen LogP contribution >= 0.6 is 0 Å². The van der Waals surface area contributed by atoms with Crippen molar-refractivity contribution < 1.29 is 9.53 Å². The maximum absolute atomic E-state index is 11.7. The third kappa shape index (κ3) is 2.32. The van der Waals surface area contributed by atoms with E-state index in [4.69, 9.17) is 4.74 Å². The van der Waals surface area contributed by atoms with Crippen LogP contribution in [0.2, 0.25) is 0 Å². The first kappa shape index (κ1) is 12.5. The van der Waals surface area contributed by atoms with E-state index in [-0.39, 0.29) is 11.6 Å². The number of benzene rings is 1. The summed E-state index contributed by atoms with van der Waals surface area (Å²) < 4.78 is 5.75. The molecule has 0 aromatic heterocycles. The first-order chi connectivity index (χ1) is 9.20. The van der Waals surface area contributed by atoms with Crippen LogP contribution < -0.4 is 0 Å². The molecule has 1 saturated carbocycles. The molecule has 1 heterocycles. The van der Waals surface area contributed by atoms with E-state index in [0.29, 0.717) is 11.5 Å². The molecule has 2 unspecified atom stereocenters. The largest absolute Gasteiger partial charge is 0.455 e. The molecular weight excluding hydrogens is 236 g/mol. The monoisotopic (exact) mass is 256 g/mol. The Hall–Kier alpha value is -1.57. The van der Waals surface area contributed by atoms with Gasteiger partial charge in [0.15, 0.2) is 0 Å². The van der Waals surface area contributed by atoms with Gasteiger partial charge in [-0.3, -0.25) is 0 Å². The second kappa shape index (κ2) is 4.84. The number of ether oxygens (including phenoxy) is 1. The zero-order valence-corrected chi connectivity index (χ0v) is 11.2. The van der Waals surface area contributed by atoms with Crippen LogP contribution in [-0.2, 0) is 16.0 Å². The van der Waals surface area contributed by atoms with E-state index in [1.54, 1.807) is 0 Å². The van der Waals surface area contributed by atoms with Gasteiger partial charge in [-0.15, -0.1) is 0 Å². The molecule has 1 aromatic rings. The smallest absolute Gasteiger partial charge is 0.334 e. The quantitative estimate of drug-likeness (QED) is 0.596. The van der Waals surface area contributed by atoms with Gasteiger partial charge in [-0.2, -0.15) is 0 Å². The highest BCUT2D eigenvalue weighted by atomic mass is 16.6. The summed E-state index contributed by atoms with van der Waals surface area (Å²) in [6, 6.07) is 10.5. The predicted molar refractivity (Wildman–Crippen MR) is 74.7 cm³/mol. The first-order valence-electron chi connectivity index (χ1n) is 7.15. The predicted octanol–water partition coefficient (Wildman–Crippen LogP) is 3.66. The molecule has 0 bridgehead atoms. The lowest BCUT2D eigenvalue weighted by molar-refractivity contribution is -0.154. The third-order valence-electron chi connectivity index (χ3n) is 4.57. The maximum atomic E-state index is 11.7. The van der Waals surface area contributed by atoms with Gasteiger partial charge in [-0.25, -0.2) is 4.79 Å². The number of rotatable bonds is 2. The molecule has 100 valence electrons. The van der Waals surface area contributed by atoms with Gasteiger partial charge in [-0.1, -0.05) is 43.3 Å². The van der Waals surface area contributed by atoms with Crippen molar-refractivity contribution in [2.75, 3.05) is 0 Å². The fraction of sp³-hybridized carbons (Fsp3) is 0.471. The van der Waals surface area contributed by atoms with Gasteiger partial charge in [-0.05, 0) is 31.2 Å². The molecule has 2 atom stereocenters. The van der Waals surface area contributed by atoms with Crippen molar-refractivity contribution in [3.8, 4) is 0 Å². The molecule has 1 saturated heterocycles. The molecule has 2 nitrogen and oxygen atoms in total. The van der Waals surface area contributed by atoms with Crippen LogP contribution in [0.4, 0.5) is 0 Å². The lowest BCUT2D eigenvalue weighted by Crippen LogP contribution is -2.41. The Morgan fingerprint density at radius 2 is 2.05 bits per heavy atom. The Bertz CT molecular complexity index is 473. The van der Waals surface area contributed by atoms with Crippen molar-refractivity contribution in [2.45, 2.75) is 44.1 Å². The van der Waals surface area contributed by atoms with Crippen LogP contribution in [0, 0.1) is 5.92 Å². The molecule has 0 radical (unpaired) electrons. The van der Waals surface area contributed by atoms with Gasteiger partial charge in [0.05, 0.1) is 0 Å². The average molecular weight is 256 g/mol. The summed E-state index contributed by atoms with van der Waals surface area (Å²) in [4.78, 5) is 11.7. The van der Waals surface area contributed by atoms with E-state index < -0.39 is 0 Å². The van der Waals surface area contributed by atoms with Gasteiger partial charge in [0.25, 0.3) is 0 Å². The highest BCUT2D eigenvalue weighted by molar-refractivity contribution is 5.90. The fourth-order valence-electron chi connectivity index (χ4n) is 3.56. The zero-order valence-electron chi connectivity index (χ0n) is 11.2.